The monoisotopic (exact) mass is 610 g/mol. The van der Waals surface area contributed by atoms with E-state index in [-0.39, 0.29) is 16.2 Å². The summed E-state index contributed by atoms with van der Waals surface area (Å²) in [4.78, 5) is 16.3. The van der Waals surface area contributed by atoms with Crippen molar-refractivity contribution in [2.24, 2.45) is 5.41 Å². The lowest BCUT2D eigenvalue weighted by molar-refractivity contribution is 0.193. The molecule has 42 heavy (non-hydrogen) atoms. The molecule has 0 unspecified atom stereocenters. The van der Waals surface area contributed by atoms with Crippen LogP contribution in [-0.2, 0) is 17.9 Å². The number of rotatable bonds is 9. The maximum absolute atomic E-state index is 12.7. The summed E-state index contributed by atoms with van der Waals surface area (Å²) in [6.45, 7) is 12.6. The molecule has 1 aliphatic rings. The zero-order valence-corrected chi connectivity index (χ0v) is 26.6. The molecule has 10 nitrogen and oxygen atoms in total. The average molecular weight is 611 g/mol. The van der Waals surface area contributed by atoms with Gasteiger partial charge < -0.3 is 19.5 Å². The van der Waals surface area contributed by atoms with Crippen LogP contribution in [-0.4, -0.2) is 60.7 Å². The van der Waals surface area contributed by atoms with Crippen molar-refractivity contribution in [3.05, 3.63) is 53.3 Å². The SMILES string of the molecule is COc1ccc(CNc2nccc(-c3n[nH]c4nc(N5CCC(C)([C@@H](C)N[S@+]([O-])C(C)(C)C)CC5)cnc34)c2Cl)cc1. The van der Waals surface area contributed by atoms with Crippen LogP contribution in [0.1, 0.15) is 53.0 Å². The number of fused-ring (bicyclic) bond motifs is 1. The second kappa shape index (κ2) is 12.2. The predicted molar refractivity (Wildman–Crippen MR) is 170 cm³/mol. The first-order valence-electron chi connectivity index (χ1n) is 14.1. The van der Waals surface area contributed by atoms with E-state index in [2.05, 4.69) is 44.0 Å². The van der Waals surface area contributed by atoms with E-state index < -0.39 is 11.4 Å². The fourth-order valence-electron chi connectivity index (χ4n) is 4.97. The number of piperidine rings is 1. The largest absolute Gasteiger partial charge is 0.598 e. The van der Waals surface area contributed by atoms with E-state index in [9.17, 15) is 4.55 Å². The highest BCUT2D eigenvalue weighted by molar-refractivity contribution is 7.90. The normalized spacial score (nSPS) is 16.8. The highest BCUT2D eigenvalue weighted by atomic mass is 35.5. The van der Waals surface area contributed by atoms with Gasteiger partial charge in [-0.2, -0.15) is 5.10 Å². The minimum Gasteiger partial charge on any atom is -0.598 e. The van der Waals surface area contributed by atoms with Crippen LogP contribution in [0.4, 0.5) is 11.6 Å². The van der Waals surface area contributed by atoms with Crippen LogP contribution in [0, 0.1) is 5.41 Å². The zero-order valence-electron chi connectivity index (χ0n) is 25.0. The Bertz CT molecular complexity index is 1520. The Balaban J connectivity index is 1.27. The van der Waals surface area contributed by atoms with E-state index in [1.54, 1.807) is 19.5 Å². The summed E-state index contributed by atoms with van der Waals surface area (Å²) in [6, 6.07) is 9.79. The number of ether oxygens (including phenoxy) is 1. The number of methoxy groups -OCH3 is 1. The smallest absolute Gasteiger partial charge is 0.177 e. The number of anilines is 2. The molecule has 0 aliphatic carbocycles. The number of aromatic nitrogens is 5. The van der Waals surface area contributed by atoms with E-state index in [0.717, 1.165) is 48.6 Å². The van der Waals surface area contributed by atoms with Gasteiger partial charge in [0, 0.05) is 42.8 Å². The molecular formula is C30H39ClN8O2S. The third kappa shape index (κ3) is 6.44. The highest BCUT2D eigenvalue weighted by Crippen LogP contribution is 2.38. The minimum absolute atomic E-state index is 0.0350. The predicted octanol–water partition coefficient (Wildman–Crippen LogP) is 5.74. The zero-order chi connectivity index (χ0) is 30.1. The number of pyridine rings is 1. The molecule has 0 spiro atoms. The molecule has 1 saturated heterocycles. The van der Waals surface area contributed by atoms with Crippen molar-refractivity contribution in [2.75, 3.05) is 30.4 Å². The number of benzene rings is 1. The van der Waals surface area contributed by atoms with Gasteiger partial charge in [0.25, 0.3) is 0 Å². The van der Waals surface area contributed by atoms with Gasteiger partial charge in [-0.1, -0.05) is 30.7 Å². The van der Waals surface area contributed by atoms with Crippen molar-refractivity contribution >= 4 is 45.8 Å². The third-order valence-electron chi connectivity index (χ3n) is 8.14. The summed E-state index contributed by atoms with van der Waals surface area (Å²) >= 11 is 5.69. The van der Waals surface area contributed by atoms with Gasteiger partial charge in [0.15, 0.2) is 5.65 Å². The number of nitrogens with zero attached hydrogens (tertiary/aromatic N) is 5. The van der Waals surface area contributed by atoms with Gasteiger partial charge in [0.1, 0.15) is 33.3 Å². The van der Waals surface area contributed by atoms with Crippen LogP contribution in [0.25, 0.3) is 22.4 Å². The summed E-state index contributed by atoms with van der Waals surface area (Å²) in [5.41, 5.74) is 3.71. The average Bonchev–Trinajstić information content (AvgIpc) is 3.40. The fraction of sp³-hybridized carbons (Fsp3) is 0.467. The first-order valence-corrected chi connectivity index (χ1v) is 15.7. The Morgan fingerprint density at radius 2 is 1.88 bits per heavy atom. The Morgan fingerprint density at radius 1 is 1.17 bits per heavy atom. The first kappa shape index (κ1) is 30.3. The van der Waals surface area contributed by atoms with Crippen LogP contribution in [0.3, 0.4) is 0 Å². The number of hydrogen-bond acceptors (Lipinski definition) is 9. The van der Waals surface area contributed by atoms with E-state index in [1.807, 2.05) is 51.1 Å². The van der Waals surface area contributed by atoms with Gasteiger partial charge in [-0.25, -0.2) is 15.0 Å². The third-order valence-corrected chi connectivity index (χ3v) is 10.2. The van der Waals surface area contributed by atoms with E-state index in [0.29, 0.717) is 34.2 Å². The Morgan fingerprint density at radius 3 is 2.55 bits per heavy atom. The number of nitrogens with one attached hydrogen (secondary N) is 3. The molecule has 5 rings (SSSR count). The van der Waals surface area contributed by atoms with Gasteiger partial charge in [-0.15, -0.1) is 4.72 Å². The summed E-state index contributed by atoms with van der Waals surface area (Å²) in [6.07, 6.45) is 5.42. The molecule has 0 amide bonds. The lowest BCUT2D eigenvalue weighted by Crippen LogP contribution is -2.53. The van der Waals surface area contributed by atoms with Crippen molar-refractivity contribution in [1.82, 2.24) is 29.9 Å². The standard InChI is InChI=1S/C30H39ClN8O2S/c1-19(38-42(40)29(2,3)4)30(5)12-15-39(16-13-30)23-18-33-26-25(36-37-28(26)35-23)22-11-14-32-27(24(22)31)34-17-20-7-9-21(41-6)10-8-20/h7-11,14,18-19,38H,12-13,15-17H2,1-6H3,(H,32,34)(H,35,36,37)/t19-,42-/m1/s1. The van der Waals surface area contributed by atoms with E-state index >= 15 is 0 Å². The molecule has 1 aromatic carbocycles. The van der Waals surface area contributed by atoms with Gasteiger partial charge >= 0.3 is 0 Å². The van der Waals surface area contributed by atoms with Crippen molar-refractivity contribution < 1.29 is 9.29 Å². The van der Waals surface area contributed by atoms with E-state index in [4.69, 9.17) is 26.3 Å². The lowest BCUT2D eigenvalue weighted by atomic mass is 9.75. The second-order valence-electron chi connectivity index (χ2n) is 12.1. The number of aromatic amines is 1. The number of H-pyrrole nitrogens is 1. The summed E-state index contributed by atoms with van der Waals surface area (Å²) in [7, 11) is 1.65. The molecule has 0 radical (unpaired) electrons. The summed E-state index contributed by atoms with van der Waals surface area (Å²) in [5.74, 6) is 2.18. The molecule has 0 saturated carbocycles. The van der Waals surface area contributed by atoms with Crippen LogP contribution in [0.15, 0.2) is 42.7 Å². The molecule has 1 fully saturated rings. The Labute approximate surface area is 255 Å². The highest BCUT2D eigenvalue weighted by Gasteiger charge is 2.39. The molecule has 3 aromatic heterocycles. The topological polar surface area (TPSA) is 127 Å². The summed E-state index contributed by atoms with van der Waals surface area (Å²) in [5, 5.41) is 11.4. The lowest BCUT2D eigenvalue weighted by Gasteiger charge is -2.44. The molecule has 3 N–H and O–H groups in total. The van der Waals surface area contributed by atoms with Crippen LogP contribution < -0.4 is 19.7 Å². The minimum atomic E-state index is -1.10. The van der Waals surface area contributed by atoms with Gasteiger partial charge in [0.2, 0.25) is 0 Å². The Hall–Kier alpha value is -3.12. The van der Waals surface area contributed by atoms with Crippen molar-refractivity contribution in [1.29, 1.82) is 0 Å². The van der Waals surface area contributed by atoms with Gasteiger partial charge in [0.05, 0.1) is 24.4 Å². The molecule has 4 heterocycles. The van der Waals surface area contributed by atoms with Gasteiger partial charge in [-0.3, -0.25) is 5.10 Å². The molecule has 4 aromatic rings. The molecule has 2 atom stereocenters. The van der Waals surface area contributed by atoms with E-state index in [1.165, 1.54) is 0 Å². The van der Waals surface area contributed by atoms with Gasteiger partial charge in [-0.05, 0) is 69.7 Å². The quantitative estimate of drug-likeness (QED) is 0.203. The van der Waals surface area contributed by atoms with Crippen LogP contribution in [0.2, 0.25) is 5.02 Å². The fourth-order valence-corrected chi connectivity index (χ4v) is 6.20. The van der Waals surface area contributed by atoms with Crippen molar-refractivity contribution in [3.63, 3.8) is 0 Å². The maximum atomic E-state index is 12.7. The Kier molecular flexibility index (Phi) is 8.84. The molecule has 224 valence electrons. The number of halogens is 1. The maximum Gasteiger partial charge on any atom is 0.177 e. The second-order valence-corrected chi connectivity index (χ2v) is 14.5. The molecule has 1 aliphatic heterocycles. The van der Waals surface area contributed by atoms with Crippen LogP contribution >= 0.6 is 11.6 Å². The first-order chi connectivity index (χ1) is 20.0. The van der Waals surface area contributed by atoms with Crippen LogP contribution in [0.5, 0.6) is 5.75 Å². The summed E-state index contributed by atoms with van der Waals surface area (Å²) < 4.78 is 20.9. The van der Waals surface area contributed by atoms with Crippen molar-refractivity contribution in [2.45, 2.75) is 64.8 Å². The molecule has 0 bridgehead atoms. The molecule has 12 heteroatoms. The molecular weight excluding hydrogens is 572 g/mol. The van der Waals surface area contributed by atoms with Crippen molar-refractivity contribution in [3.8, 4) is 17.0 Å². The number of hydrogen-bond donors (Lipinski definition) is 3.